The first-order chi connectivity index (χ1) is 18.0. The predicted molar refractivity (Wildman–Crippen MR) is 151 cm³/mol. The highest BCUT2D eigenvalue weighted by Crippen LogP contribution is 2.38. The van der Waals surface area contributed by atoms with E-state index < -0.39 is 0 Å². The molecule has 0 fully saturated rings. The number of likely N-dealkylation sites (N-methyl/N-ethyl adjacent to an activating group) is 2. The summed E-state index contributed by atoms with van der Waals surface area (Å²) in [7, 11) is 5.46. The number of nitrogens with zero attached hydrogens (tertiary/aromatic N) is 4. The number of rotatable bonds is 11. The van der Waals surface area contributed by atoms with Crippen molar-refractivity contribution in [2.24, 2.45) is 0 Å². The molecule has 0 spiro atoms. The Morgan fingerprint density at radius 1 is 1.19 bits per heavy atom. The number of aromatic nitrogens is 3. The van der Waals surface area contributed by atoms with Gasteiger partial charge in [0.05, 0.1) is 29.7 Å². The minimum atomic E-state index is -0.302. The lowest BCUT2D eigenvalue weighted by Crippen LogP contribution is -2.28. The van der Waals surface area contributed by atoms with Gasteiger partial charge in [-0.2, -0.15) is 4.98 Å². The molecule has 0 atom stereocenters. The Morgan fingerprint density at radius 2 is 2.03 bits per heavy atom. The summed E-state index contributed by atoms with van der Waals surface area (Å²) < 4.78 is 7.72. The zero-order chi connectivity index (χ0) is 26.4. The Kier molecular flexibility index (Phi) is 8.05. The Labute approximate surface area is 217 Å². The molecule has 0 aliphatic heterocycles. The van der Waals surface area contributed by atoms with Gasteiger partial charge in [-0.1, -0.05) is 19.6 Å². The van der Waals surface area contributed by atoms with Crippen LogP contribution in [-0.4, -0.2) is 54.7 Å². The van der Waals surface area contributed by atoms with Crippen LogP contribution < -0.4 is 25.6 Å². The minimum absolute atomic E-state index is 0.302. The zero-order valence-electron chi connectivity index (χ0n) is 21.7. The van der Waals surface area contributed by atoms with Gasteiger partial charge in [0, 0.05) is 44.0 Å². The average Bonchev–Trinajstić information content (AvgIpc) is 3.35. The lowest BCUT2D eigenvalue weighted by atomic mass is 10.1. The highest BCUT2D eigenvalue weighted by atomic mass is 16.5. The van der Waals surface area contributed by atoms with E-state index in [0.717, 1.165) is 41.9 Å². The van der Waals surface area contributed by atoms with E-state index in [-0.39, 0.29) is 5.91 Å². The highest BCUT2D eigenvalue weighted by molar-refractivity contribution is 6.02. The van der Waals surface area contributed by atoms with Gasteiger partial charge in [-0.3, -0.25) is 4.79 Å². The lowest BCUT2D eigenvalue weighted by Gasteiger charge is -2.24. The Morgan fingerprint density at radius 3 is 2.76 bits per heavy atom. The van der Waals surface area contributed by atoms with Crippen LogP contribution in [-0.2, 0) is 11.2 Å². The van der Waals surface area contributed by atoms with Crippen molar-refractivity contribution in [1.82, 2.24) is 19.9 Å². The molecule has 0 aliphatic rings. The number of methoxy groups -OCH3 is 1. The van der Waals surface area contributed by atoms with E-state index in [9.17, 15) is 4.79 Å². The quantitative estimate of drug-likeness (QED) is 0.261. The molecule has 2 aromatic heterocycles. The molecule has 192 valence electrons. The molecule has 0 aliphatic carbocycles. The predicted octanol–water partition coefficient (Wildman–Crippen LogP) is 4.52. The Hall–Kier alpha value is -4.37. The number of anilines is 4. The fourth-order valence-electron chi connectivity index (χ4n) is 4.11. The number of carbonyl (C=O) groups is 1. The molecule has 4 rings (SSSR count). The molecule has 0 radical (unpaired) electrons. The molecule has 2 aromatic carbocycles. The van der Waals surface area contributed by atoms with Crippen LogP contribution in [0.4, 0.5) is 23.0 Å². The maximum absolute atomic E-state index is 12.2. The van der Waals surface area contributed by atoms with E-state index in [0.29, 0.717) is 23.1 Å². The van der Waals surface area contributed by atoms with E-state index in [1.54, 1.807) is 13.3 Å². The van der Waals surface area contributed by atoms with Crippen molar-refractivity contribution < 1.29 is 9.53 Å². The summed E-state index contributed by atoms with van der Waals surface area (Å²) in [5, 5.41) is 10.5. The number of nitrogens with one attached hydrogen (secondary N) is 3. The third kappa shape index (κ3) is 5.73. The van der Waals surface area contributed by atoms with Crippen LogP contribution in [0.15, 0.2) is 67.5 Å². The second-order valence-corrected chi connectivity index (χ2v) is 8.58. The van der Waals surface area contributed by atoms with Gasteiger partial charge in [0.15, 0.2) is 0 Å². The smallest absolute Gasteiger partial charge is 0.247 e. The lowest BCUT2D eigenvalue weighted by molar-refractivity contribution is -0.111. The van der Waals surface area contributed by atoms with Gasteiger partial charge in [0.25, 0.3) is 0 Å². The van der Waals surface area contributed by atoms with Gasteiger partial charge in [-0.25, -0.2) is 4.98 Å². The van der Waals surface area contributed by atoms with Crippen LogP contribution in [0.25, 0.3) is 16.7 Å². The minimum Gasteiger partial charge on any atom is -0.494 e. The molecule has 2 heterocycles. The van der Waals surface area contributed by atoms with Crippen LogP contribution in [0.5, 0.6) is 5.75 Å². The van der Waals surface area contributed by atoms with E-state index in [1.807, 2.05) is 48.0 Å². The summed E-state index contributed by atoms with van der Waals surface area (Å²) in [6.07, 6.45) is 5.95. The first-order valence-corrected chi connectivity index (χ1v) is 12.2. The van der Waals surface area contributed by atoms with Crippen LogP contribution in [0.2, 0.25) is 0 Å². The van der Waals surface area contributed by atoms with Gasteiger partial charge >= 0.3 is 0 Å². The van der Waals surface area contributed by atoms with Gasteiger partial charge in [0.1, 0.15) is 11.6 Å². The molecule has 4 aromatic rings. The fourth-order valence-corrected chi connectivity index (χ4v) is 4.11. The summed E-state index contributed by atoms with van der Waals surface area (Å²) in [6.45, 7) is 7.24. The molecule has 0 unspecified atom stereocenters. The molecule has 0 saturated carbocycles. The van der Waals surface area contributed by atoms with Crippen molar-refractivity contribution in [3.05, 3.63) is 73.1 Å². The highest BCUT2D eigenvalue weighted by Gasteiger charge is 2.16. The number of amides is 1. The van der Waals surface area contributed by atoms with Crippen LogP contribution >= 0.6 is 0 Å². The first-order valence-electron chi connectivity index (χ1n) is 12.2. The Bertz CT molecular complexity index is 1410. The number of hydrogen-bond donors (Lipinski definition) is 3. The normalized spacial score (nSPS) is 10.8. The molecule has 9 nitrogen and oxygen atoms in total. The van der Waals surface area contributed by atoms with Gasteiger partial charge in [-0.05, 0) is 55.4 Å². The maximum atomic E-state index is 12.2. The zero-order valence-corrected chi connectivity index (χ0v) is 21.7. The SMILES string of the molecule is C=CC(=O)Nc1cc(Nc2nccc(-n3ccc4cc(CC)ccc43)n2)c(OC)cc1N(C)CCNC. The number of benzene rings is 2. The van der Waals surface area contributed by atoms with Crippen molar-refractivity contribution in [3.63, 3.8) is 0 Å². The second-order valence-electron chi connectivity index (χ2n) is 8.58. The van der Waals surface area contributed by atoms with E-state index in [2.05, 4.69) is 58.7 Å². The molecular weight excluding hydrogens is 466 g/mol. The van der Waals surface area contributed by atoms with Crippen molar-refractivity contribution in [2.45, 2.75) is 13.3 Å². The number of hydrogen-bond acceptors (Lipinski definition) is 7. The number of aryl methyl sites for hydroxylation is 1. The van der Waals surface area contributed by atoms with Crippen molar-refractivity contribution >= 4 is 39.8 Å². The average molecular weight is 500 g/mol. The molecule has 3 N–H and O–H groups in total. The third-order valence-electron chi connectivity index (χ3n) is 6.17. The van der Waals surface area contributed by atoms with Gasteiger partial charge in [-0.15, -0.1) is 0 Å². The molecule has 9 heteroatoms. The van der Waals surface area contributed by atoms with E-state index in [4.69, 9.17) is 9.72 Å². The van der Waals surface area contributed by atoms with E-state index >= 15 is 0 Å². The van der Waals surface area contributed by atoms with E-state index in [1.165, 1.54) is 11.6 Å². The van der Waals surface area contributed by atoms with Crippen LogP contribution in [0, 0.1) is 0 Å². The second kappa shape index (κ2) is 11.6. The summed E-state index contributed by atoms with van der Waals surface area (Å²) in [4.78, 5) is 23.4. The molecular formula is C28H33N7O2. The summed E-state index contributed by atoms with van der Waals surface area (Å²) in [5.74, 6) is 1.43. The monoisotopic (exact) mass is 499 g/mol. The number of carbonyl (C=O) groups excluding carboxylic acids is 1. The molecule has 0 bridgehead atoms. The number of fused-ring (bicyclic) bond motifs is 1. The molecule has 0 saturated heterocycles. The summed E-state index contributed by atoms with van der Waals surface area (Å²) in [5.41, 5.74) is 4.41. The molecule has 37 heavy (non-hydrogen) atoms. The van der Waals surface area contributed by atoms with Crippen LogP contribution in [0.3, 0.4) is 0 Å². The Balaban J connectivity index is 1.69. The summed E-state index contributed by atoms with van der Waals surface area (Å²) >= 11 is 0. The van der Waals surface area contributed by atoms with Gasteiger partial charge in [0.2, 0.25) is 11.9 Å². The van der Waals surface area contributed by atoms with Crippen molar-refractivity contribution in [3.8, 4) is 11.6 Å². The van der Waals surface area contributed by atoms with Crippen LogP contribution in [0.1, 0.15) is 12.5 Å². The largest absolute Gasteiger partial charge is 0.494 e. The maximum Gasteiger partial charge on any atom is 0.247 e. The topological polar surface area (TPSA) is 96.3 Å². The van der Waals surface area contributed by atoms with Crippen molar-refractivity contribution in [1.29, 1.82) is 0 Å². The third-order valence-corrected chi connectivity index (χ3v) is 6.17. The summed E-state index contributed by atoms with van der Waals surface area (Å²) in [6, 6.07) is 14.1. The first kappa shape index (κ1) is 25.7. The standard InChI is InChI=1S/C28H33N7O2/c1-6-19-8-9-23-20(16-19)11-14-35(23)26-10-12-30-28(33-26)32-22-17-21(31-27(36)7-2)24(18-25(22)37-5)34(4)15-13-29-3/h7-12,14,16-18,29H,2,6,13,15H2,1,3-5H3,(H,31,36)(H,30,32,33). The fraction of sp³-hybridized carbons (Fsp3) is 0.250. The van der Waals surface area contributed by atoms with Crippen molar-refractivity contribution in [2.75, 3.05) is 49.8 Å². The van der Waals surface area contributed by atoms with Gasteiger partial charge < -0.3 is 30.2 Å². The number of ether oxygens (including phenoxy) is 1. The molecule has 1 amide bonds.